The maximum atomic E-state index is 11.7. The zero-order chi connectivity index (χ0) is 10.8. The van der Waals surface area contributed by atoms with Crippen LogP contribution in [0.25, 0.3) is 10.2 Å². The number of rotatable bonds is 3. The Morgan fingerprint density at radius 1 is 1.47 bits per heavy atom. The van der Waals surface area contributed by atoms with Crippen molar-refractivity contribution in [1.82, 2.24) is 4.57 Å². The Hall–Kier alpha value is -0.610. The molecule has 4 heteroatoms. The number of benzene rings is 1. The van der Waals surface area contributed by atoms with Crippen LogP contribution in [-0.4, -0.2) is 4.57 Å². The van der Waals surface area contributed by atoms with Crippen LogP contribution in [0.3, 0.4) is 0 Å². The van der Waals surface area contributed by atoms with Crippen LogP contribution in [0.5, 0.6) is 0 Å². The minimum Gasteiger partial charge on any atom is -0.299 e. The summed E-state index contributed by atoms with van der Waals surface area (Å²) in [5.41, 5.74) is 1.06. The number of nitrogens with zero attached hydrogens (tertiary/aromatic N) is 1. The summed E-state index contributed by atoms with van der Waals surface area (Å²) in [7, 11) is 0. The van der Waals surface area contributed by atoms with Crippen molar-refractivity contribution < 1.29 is 0 Å². The fourth-order valence-electron chi connectivity index (χ4n) is 1.57. The molecule has 0 saturated carbocycles. The lowest BCUT2D eigenvalue weighted by molar-refractivity contribution is 0.640. The van der Waals surface area contributed by atoms with Gasteiger partial charge in [0.05, 0.1) is 10.2 Å². The van der Waals surface area contributed by atoms with Crippen molar-refractivity contribution in [1.29, 1.82) is 0 Å². The van der Waals surface area contributed by atoms with Crippen LogP contribution in [-0.2, 0) is 6.54 Å². The minimum atomic E-state index is 0.150. The van der Waals surface area contributed by atoms with Gasteiger partial charge in [0, 0.05) is 11.0 Å². The zero-order valence-corrected chi connectivity index (χ0v) is 10.9. The molecule has 0 amide bonds. The Morgan fingerprint density at radius 2 is 2.27 bits per heavy atom. The van der Waals surface area contributed by atoms with Crippen LogP contribution < -0.4 is 4.87 Å². The Morgan fingerprint density at radius 3 is 3.00 bits per heavy atom. The molecule has 1 heterocycles. The standard InChI is InChI=1S/C11H12BrNOS/c1-2-3-6-13-9-5-4-8(12)7-10(9)15-11(13)14/h4-5,7H,2-3,6H2,1H3. The van der Waals surface area contributed by atoms with Crippen molar-refractivity contribution in [3.05, 3.63) is 32.3 Å². The molecule has 2 rings (SSSR count). The normalized spacial score (nSPS) is 11.1. The number of aromatic nitrogens is 1. The third-order valence-electron chi connectivity index (χ3n) is 2.37. The summed E-state index contributed by atoms with van der Waals surface area (Å²) in [6, 6.07) is 5.99. The topological polar surface area (TPSA) is 22.0 Å². The first-order chi connectivity index (χ1) is 7.22. The van der Waals surface area contributed by atoms with E-state index >= 15 is 0 Å². The average molecular weight is 286 g/mol. The van der Waals surface area contributed by atoms with Crippen molar-refractivity contribution in [2.75, 3.05) is 0 Å². The van der Waals surface area contributed by atoms with E-state index in [0.717, 1.165) is 34.1 Å². The van der Waals surface area contributed by atoms with Gasteiger partial charge in [-0.1, -0.05) is 40.6 Å². The highest BCUT2D eigenvalue weighted by Crippen LogP contribution is 2.22. The van der Waals surface area contributed by atoms with Gasteiger partial charge in [-0.3, -0.25) is 9.36 Å². The maximum absolute atomic E-state index is 11.7. The van der Waals surface area contributed by atoms with E-state index in [1.54, 1.807) is 0 Å². The van der Waals surface area contributed by atoms with Crippen LogP contribution in [0.2, 0.25) is 0 Å². The third kappa shape index (κ3) is 2.16. The van der Waals surface area contributed by atoms with E-state index in [2.05, 4.69) is 22.9 Å². The minimum absolute atomic E-state index is 0.150. The molecule has 15 heavy (non-hydrogen) atoms. The molecular weight excluding hydrogens is 274 g/mol. The number of thiazole rings is 1. The summed E-state index contributed by atoms with van der Waals surface area (Å²) >= 11 is 4.74. The lowest BCUT2D eigenvalue weighted by Crippen LogP contribution is -2.12. The first-order valence-electron chi connectivity index (χ1n) is 5.01. The van der Waals surface area contributed by atoms with Gasteiger partial charge < -0.3 is 0 Å². The van der Waals surface area contributed by atoms with Gasteiger partial charge in [-0.15, -0.1) is 0 Å². The SMILES string of the molecule is CCCCn1c(=O)sc2cc(Br)ccc21. The summed E-state index contributed by atoms with van der Waals surface area (Å²) in [6.45, 7) is 2.97. The molecule has 0 spiro atoms. The van der Waals surface area contributed by atoms with Crippen molar-refractivity contribution in [3.8, 4) is 0 Å². The maximum Gasteiger partial charge on any atom is 0.308 e. The van der Waals surface area contributed by atoms with Gasteiger partial charge in [0.25, 0.3) is 0 Å². The molecule has 0 bridgehead atoms. The monoisotopic (exact) mass is 285 g/mol. The van der Waals surface area contributed by atoms with Crippen LogP contribution in [0, 0.1) is 0 Å². The molecule has 0 aliphatic heterocycles. The highest BCUT2D eigenvalue weighted by atomic mass is 79.9. The molecule has 0 radical (unpaired) electrons. The smallest absolute Gasteiger partial charge is 0.299 e. The van der Waals surface area contributed by atoms with Crippen molar-refractivity contribution in [3.63, 3.8) is 0 Å². The van der Waals surface area contributed by atoms with Crippen molar-refractivity contribution in [2.45, 2.75) is 26.3 Å². The van der Waals surface area contributed by atoms with E-state index < -0.39 is 0 Å². The molecule has 0 atom stereocenters. The molecule has 2 nitrogen and oxygen atoms in total. The van der Waals surface area contributed by atoms with E-state index in [9.17, 15) is 4.79 Å². The molecule has 80 valence electrons. The van der Waals surface area contributed by atoms with Gasteiger partial charge in [0.1, 0.15) is 0 Å². The fourth-order valence-corrected chi connectivity index (χ4v) is 3.04. The molecule has 0 unspecified atom stereocenters. The molecule has 1 aromatic carbocycles. The second-order valence-corrected chi connectivity index (χ2v) is 5.39. The summed E-state index contributed by atoms with van der Waals surface area (Å²) in [5.74, 6) is 0. The number of hydrogen-bond acceptors (Lipinski definition) is 2. The first-order valence-corrected chi connectivity index (χ1v) is 6.62. The highest BCUT2D eigenvalue weighted by Gasteiger charge is 2.06. The Balaban J connectivity index is 2.53. The summed E-state index contributed by atoms with van der Waals surface area (Å²) in [4.78, 5) is 11.9. The molecule has 0 aliphatic carbocycles. The van der Waals surface area contributed by atoms with Crippen LogP contribution in [0.15, 0.2) is 27.5 Å². The second-order valence-electron chi connectivity index (χ2n) is 3.49. The van der Waals surface area contributed by atoms with Gasteiger partial charge in [-0.25, -0.2) is 0 Å². The molecule has 0 fully saturated rings. The second kappa shape index (κ2) is 4.49. The van der Waals surface area contributed by atoms with E-state index in [-0.39, 0.29) is 4.87 Å². The molecule has 0 saturated heterocycles. The molecule has 1 aromatic heterocycles. The predicted octanol–water partition coefficient (Wildman–Crippen LogP) is 3.63. The Kier molecular flexibility index (Phi) is 3.26. The van der Waals surface area contributed by atoms with Crippen LogP contribution in [0.4, 0.5) is 0 Å². The molecular formula is C11H12BrNOS. The lowest BCUT2D eigenvalue weighted by atomic mass is 10.3. The van der Waals surface area contributed by atoms with Crippen molar-refractivity contribution in [2.24, 2.45) is 0 Å². The van der Waals surface area contributed by atoms with Gasteiger partial charge in [0.15, 0.2) is 0 Å². The third-order valence-corrected chi connectivity index (χ3v) is 3.80. The molecule has 2 aromatic rings. The quantitative estimate of drug-likeness (QED) is 0.844. The van der Waals surface area contributed by atoms with Gasteiger partial charge in [-0.05, 0) is 24.6 Å². The highest BCUT2D eigenvalue weighted by molar-refractivity contribution is 9.10. The molecule has 0 aliphatic rings. The van der Waals surface area contributed by atoms with E-state index in [1.807, 2.05) is 22.8 Å². The summed E-state index contributed by atoms with van der Waals surface area (Å²) < 4.78 is 3.96. The van der Waals surface area contributed by atoms with E-state index in [0.29, 0.717) is 0 Å². The van der Waals surface area contributed by atoms with Crippen LogP contribution in [0.1, 0.15) is 19.8 Å². The Labute approximate surface area is 101 Å². The summed E-state index contributed by atoms with van der Waals surface area (Å²) in [5, 5.41) is 0. The average Bonchev–Trinajstić information content (AvgIpc) is 2.50. The van der Waals surface area contributed by atoms with Gasteiger partial charge in [-0.2, -0.15) is 0 Å². The van der Waals surface area contributed by atoms with E-state index in [1.165, 1.54) is 11.3 Å². The number of unbranched alkanes of at least 4 members (excludes halogenated alkanes) is 1. The largest absolute Gasteiger partial charge is 0.308 e. The predicted molar refractivity (Wildman–Crippen MR) is 68.7 cm³/mol. The fraction of sp³-hybridized carbons (Fsp3) is 0.364. The first kappa shape index (κ1) is 10.9. The van der Waals surface area contributed by atoms with Gasteiger partial charge in [0.2, 0.25) is 0 Å². The van der Waals surface area contributed by atoms with Crippen molar-refractivity contribution >= 4 is 37.5 Å². The van der Waals surface area contributed by atoms with Crippen LogP contribution >= 0.6 is 27.3 Å². The zero-order valence-electron chi connectivity index (χ0n) is 8.50. The number of hydrogen-bond donors (Lipinski definition) is 0. The number of fused-ring (bicyclic) bond motifs is 1. The lowest BCUT2D eigenvalue weighted by Gasteiger charge is -2.01. The van der Waals surface area contributed by atoms with E-state index in [4.69, 9.17) is 0 Å². The van der Waals surface area contributed by atoms with Gasteiger partial charge >= 0.3 is 4.87 Å². The number of halogens is 1. The number of aryl methyl sites for hydroxylation is 1. The Bertz CT molecular complexity index is 529. The summed E-state index contributed by atoms with van der Waals surface area (Å²) in [6.07, 6.45) is 2.17. The molecule has 0 N–H and O–H groups in total.